The molecule has 0 radical (unpaired) electrons. The number of nitrogens with one attached hydrogen (secondary N) is 1. The topological polar surface area (TPSA) is 179 Å². The number of benzene rings is 2. The number of nitrogens with two attached hydrogens (primary N) is 1. The Kier molecular flexibility index (Phi) is 18.4. The summed E-state index contributed by atoms with van der Waals surface area (Å²) in [5.74, 6) is -0.840. The first-order valence-corrected chi connectivity index (χ1v) is 23.2. The number of nitrogen functional groups attached to an aromatic ring is 1. The van der Waals surface area contributed by atoms with Crippen molar-refractivity contribution in [1.82, 2.24) is 24.6 Å². The number of carbonyl (C=O) groups is 2. The second-order valence-corrected chi connectivity index (χ2v) is 17.4. The fourth-order valence-corrected chi connectivity index (χ4v) is 8.84. The average Bonchev–Trinajstić information content (AvgIpc) is 3.84. The Hall–Kier alpha value is -5.01. The van der Waals surface area contributed by atoms with Crippen LogP contribution in [-0.2, 0) is 39.3 Å². The van der Waals surface area contributed by atoms with Crippen molar-refractivity contribution in [3.05, 3.63) is 78.1 Å². The summed E-state index contributed by atoms with van der Waals surface area (Å²) < 4.78 is 89.7. The molecule has 1 aliphatic rings. The van der Waals surface area contributed by atoms with E-state index in [0.717, 1.165) is 37.8 Å². The second-order valence-electron chi connectivity index (χ2n) is 15.8. The van der Waals surface area contributed by atoms with Crippen LogP contribution in [0.2, 0.25) is 0 Å². The van der Waals surface area contributed by atoms with Crippen LogP contribution in [0.25, 0.3) is 11.2 Å². The van der Waals surface area contributed by atoms with Crippen molar-refractivity contribution < 1.29 is 50.6 Å². The van der Waals surface area contributed by atoms with E-state index in [1.165, 1.54) is 48.7 Å². The van der Waals surface area contributed by atoms with E-state index in [1.807, 2.05) is 13.8 Å². The molecule has 342 valence electrons. The number of hydrogen-bond acceptors (Lipinski definition) is 12. The monoisotopic (exact) mass is 898 g/mol. The maximum Gasteiger partial charge on any atom is 0.459 e. The predicted octanol–water partition coefficient (Wildman–Crippen LogP) is 9.33. The van der Waals surface area contributed by atoms with E-state index in [1.54, 1.807) is 18.2 Å². The molecule has 1 aliphatic heterocycles. The number of aromatic nitrogens is 4. The number of imidazole rings is 1. The highest BCUT2D eigenvalue weighted by Gasteiger charge is 2.53. The molecule has 2 aromatic heterocycles. The summed E-state index contributed by atoms with van der Waals surface area (Å²) >= 11 is 0. The number of ether oxygens (including phenoxy) is 3. The number of unbranched alkanes of at least 4 members (excludes halogenated alkanes) is 8. The Morgan fingerprint density at radius 2 is 1.67 bits per heavy atom. The molecule has 1 saturated heterocycles. The first-order valence-electron chi connectivity index (χ1n) is 21.7. The Labute approximate surface area is 366 Å². The zero-order chi connectivity index (χ0) is 45.4. The molecule has 0 bridgehead atoms. The minimum atomic E-state index is -4.77. The zero-order valence-corrected chi connectivity index (χ0v) is 37.0. The van der Waals surface area contributed by atoms with E-state index in [0.29, 0.717) is 25.3 Å². The minimum absolute atomic E-state index is 0.0137. The Morgan fingerprint density at radius 3 is 2.32 bits per heavy atom. The molecule has 4 aromatic rings. The summed E-state index contributed by atoms with van der Waals surface area (Å²) in [5, 5.41) is 2.65. The number of rotatable bonds is 26. The molecule has 0 amide bonds. The van der Waals surface area contributed by atoms with Crippen LogP contribution < -0.4 is 15.3 Å². The molecule has 0 saturated carbocycles. The van der Waals surface area contributed by atoms with Crippen molar-refractivity contribution in [3.8, 4) is 18.1 Å². The van der Waals surface area contributed by atoms with E-state index in [9.17, 15) is 22.8 Å². The highest BCUT2D eigenvalue weighted by molar-refractivity contribution is 7.52. The van der Waals surface area contributed by atoms with Gasteiger partial charge < -0.3 is 24.5 Å². The largest absolute Gasteiger partial charge is 0.464 e. The molecule has 5 rings (SSSR count). The number of nitrogens with zero attached hydrogens (tertiary/aromatic N) is 4. The van der Waals surface area contributed by atoms with Crippen LogP contribution in [0.1, 0.15) is 116 Å². The summed E-state index contributed by atoms with van der Waals surface area (Å²) in [5.41, 5.74) is 4.06. The summed E-state index contributed by atoms with van der Waals surface area (Å²) in [4.78, 5) is 38.9. The van der Waals surface area contributed by atoms with Crippen molar-refractivity contribution in [3.63, 3.8) is 0 Å². The fourth-order valence-electron chi connectivity index (χ4n) is 7.32. The van der Waals surface area contributed by atoms with Gasteiger partial charge in [-0.15, -0.1) is 6.42 Å². The highest BCUT2D eigenvalue weighted by Crippen LogP contribution is 2.49. The van der Waals surface area contributed by atoms with Crippen LogP contribution in [0.5, 0.6) is 5.75 Å². The van der Waals surface area contributed by atoms with Crippen molar-refractivity contribution in [2.45, 2.75) is 135 Å². The van der Waals surface area contributed by atoms with E-state index in [4.69, 9.17) is 35.4 Å². The molecule has 0 aliphatic carbocycles. The third kappa shape index (κ3) is 14.0. The van der Waals surface area contributed by atoms with E-state index < -0.39 is 74.4 Å². The molecule has 3 N–H and O–H groups in total. The van der Waals surface area contributed by atoms with Gasteiger partial charge in [0.1, 0.15) is 42.4 Å². The quantitative estimate of drug-likeness (QED) is 0.0200. The van der Waals surface area contributed by atoms with Gasteiger partial charge in [0.25, 0.3) is 0 Å². The van der Waals surface area contributed by atoms with Gasteiger partial charge in [0.05, 0.1) is 12.9 Å². The third-order valence-electron chi connectivity index (χ3n) is 11.0. The normalized spacial score (nSPS) is 18.8. The second kappa shape index (κ2) is 23.6. The van der Waals surface area contributed by atoms with E-state index >= 15 is 4.57 Å². The molecule has 0 unspecified atom stereocenters. The summed E-state index contributed by atoms with van der Waals surface area (Å²) in [6.07, 6.45) is 14.4. The maximum absolute atomic E-state index is 15.0. The lowest BCUT2D eigenvalue weighted by molar-refractivity contribution is -0.158. The molecule has 5 atom stereocenters. The van der Waals surface area contributed by atoms with Crippen LogP contribution in [-0.4, -0.2) is 62.4 Å². The van der Waals surface area contributed by atoms with Crippen LogP contribution >= 0.6 is 7.75 Å². The maximum atomic E-state index is 15.0. The Balaban J connectivity index is 1.43. The lowest BCUT2D eigenvalue weighted by Gasteiger charge is -2.31. The van der Waals surface area contributed by atoms with Crippen molar-refractivity contribution in [2.24, 2.45) is 5.92 Å². The van der Waals surface area contributed by atoms with Gasteiger partial charge >= 0.3 is 25.8 Å². The van der Waals surface area contributed by atoms with Gasteiger partial charge in [-0.3, -0.25) is 18.7 Å². The van der Waals surface area contributed by atoms with Gasteiger partial charge in [0, 0.05) is 18.9 Å². The summed E-state index contributed by atoms with van der Waals surface area (Å²) in [6, 6.07) is 9.13. The van der Waals surface area contributed by atoms with Gasteiger partial charge in [0.15, 0.2) is 22.6 Å². The first kappa shape index (κ1) is 49.0. The fraction of sp³-hybridized carbons (Fsp3) is 0.533. The number of terminal acetylenes is 1. The summed E-state index contributed by atoms with van der Waals surface area (Å²) in [6.45, 7) is 5.33. The van der Waals surface area contributed by atoms with Crippen molar-refractivity contribution >= 4 is 36.7 Å². The lowest BCUT2D eigenvalue weighted by atomic mass is 9.98. The van der Waals surface area contributed by atoms with Crippen LogP contribution in [0.15, 0.2) is 54.9 Å². The van der Waals surface area contributed by atoms with Crippen LogP contribution in [0.4, 0.5) is 19.0 Å². The van der Waals surface area contributed by atoms with Gasteiger partial charge in [0.2, 0.25) is 0 Å². The van der Waals surface area contributed by atoms with Crippen LogP contribution in [0.3, 0.4) is 0 Å². The molecule has 2 aromatic carbocycles. The number of halogens is 3. The molecule has 14 nitrogen and oxygen atoms in total. The molecule has 18 heteroatoms. The lowest BCUT2D eigenvalue weighted by Crippen LogP contribution is -2.46. The first-order chi connectivity index (χ1) is 30.3. The zero-order valence-electron chi connectivity index (χ0n) is 36.1. The predicted molar refractivity (Wildman–Crippen MR) is 230 cm³/mol. The molecule has 1 fully saturated rings. The van der Waals surface area contributed by atoms with Crippen molar-refractivity contribution in [1.29, 1.82) is 0 Å². The molecular weight excluding hydrogens is 840 g/mol. The van der Waals surface area contributed by atoms with E-state index in [-0.39, 0.29) is 53.7 Å². The molecule has 0 spiro atoms. The van der Waals surface area contributed by atoms with Gasteiger partial charge in [-0.1, -0.05) is 109 Å². The van der Waals surface area contributed by atoms with Gasteiger partial charge in [-0.2, -0.15) is 19.4 Å². The smallest absolute Gasteiger partial charge is 0.459 e. The number of anilines is 1. The number of fused-ring (bicyclic) bond motifs is 1. The minimum Gasteiger partial charge on any atom is -0.464 e. The number of para-hydroxylation sites is 1. The number of carbonyl (C=O) groups excluding carboxylic acids is 2. The molecular formula is C45H58F3N6O8P. The van der Waals surface area contributed by atoms with E-state index in [2.05, 4.69) is 32.9 Å². The standard InChI is InChI=1S/C45H58F3N6O8P/c1-5-9-10-11-12-13-14-15-19-22-39(55)60-37-27-38(54-30-50-40-41(49)51-44(48)52-42(40)54)61-45(37,8-4)29-59-63(57,62-35-20-17-16-18-21-35)53-36(43(56)58-28-31(6-2)7-3)25-32-23-33(46)26-34(47)24-32/h4,16-18,20-21,23-24,26,30-31,36-38H,5-7,9-15,19,22,25,27-29H2,1-3H3,(H,53,57)(H2,49,51,52)/t36-,37-,38+,45+,63-/m0/s1. The summed E-state index contributed by atoms with van der Waals surface area (Å²) in [7, 11) is -4.77. The van der Waals surface area contributed by atoms with Crippen molar-refractivity contribution in [2.75, 3.05) is 18.9 Å². The average molecular weight is 899 g/mol. The molecule has 63 heavy (non-hydrogen) atoms. The number of hydrogen-bond donors (Lipinski definition) is 2. The highest BCUT2D eigenvalue weighted by atomic mass is 31.2. The Bertz CT molecular complexity index is 2190. The van der Waals surface area contributed by atoms with Gasteiger partial charge in [-0.05, 0) is 48.6 Å². The molecule has 3 heterocycles. The van der Waals surface area contributed by atoms with Crippen LogP contribution in [0, 0.1) is 36.0 Å². The Morgan fingerprint density at radius 1 is 1.00 bits per heavy atom. The SMILES string of the molecule is C#C[C@]1(CO[P@@](=O)(N[C@@H](Cc2cc(F)cc(F)c2)C(=O)OCC(CC)CC)Oc2ccccc2)O[C@@H](n2cnc3c(N)nc(F)nc32)C[C@@H]1OC(=O)CCCCCCCCCCC. The number of esters is 2. The third-order valence-corrected chi connectivity index (χ3v) is 12.6. The van der Waals surface area contributed by atoms with Gasteiger partial charge in [-0.25, -0.2) is 18.3 Å².